The van der Waals surface area contributed by atoms with Crippen LogP contribution in [0, 0.1) is 16.9 Å². The molecule has 3 rings (SSSR count). The first kappa shape index (κ1) is 14.7. The molecule has 0 fully saturated rings. The third-order valence-electron chi connectivity index (χ3n) is 3.72. The number of pyridine rings is 1. The molecule has 0 aliphatic carbocycles. The standard InChI is InChI=1S/C19H16N4/c20-14-23(11-10-15-6-2-1-3-7-15)19(21)17-12-16-8-4-5-9-18(16)22-13-17/h1-9,12-13,21H,10-11H2. The van der Waals surface area contributed by atoms with Gasteiger partial charge in [-0.15, -0.1) is 0 Å². The molecule has 4 heteroatoms. The molecule has 0 saturated carbocycles. The van der Waals surface area contributed by atoms with E-state index in [1.165, 1.54) is 4.90 Å². The predicted molar refractivity (Wildman–Crippen MR) is 91.0 cm³/mol. The van der Waals surface area contributed by atoms with E-state index in [2.05, 4.69) is 11.2 Å². The van der Waals surface area contributed by atoms with E-state index in [-0.39, 0.29) is 5.84 Å². The lowest BCUT2D eigenvalue weighted by atomic mass is 10.1. The number of para-hydroxylation sites is 1. The van der Waals surface area contributed by atoms with Gasteiger partial charge in [0.2, 0.25) is 0 Å². The third-order valence-corrected chi connectivity index (χ3v) is 3.72. The van der Waals surface area contributed by atoms with Gasteiger partial charge in [0, 0.05) is 23.7 Å². The Labute approximate surface area is 135 Å². The number of aromatic nitrogens is 1. The summed E-state index contributed by atoms with van der Waals surface area (Å²) in [5.74, 6) is 0.182. The number of amidine groups is 1. The van der Waals surface area contributed by atoms with E-state index in [1.54, 1.807) is 6.20 Å². The van der Waals surface area contributed by atoms with Crippen molar-refractivity contribution in [3.63, 3.8) is 0 Å². The zero-order chi connectivity index (χ0) is 16.1. The molecule has 1 aromatic heterocycles. The summed E-state index contributed by atoms with van der Waals surface area (Å²) in [7, 11) is 0. The Kier molecular flexibility index (Phi) is 4.30. The number of benzene rings is 2. The second kappa shape index (κ2) is 6.71. The number of nitriles is 1. The Morgan fingerprint density at radius 3 is 2.61 bits per heavy atom. The highest BCUT2D eigenvalue weighted by atomic mass is 15.2. The molecule has 1 N–H and O–H groups in total. The first-order valence-electron chi connectivity index (χ1n) is 7.43. The summed E-state index contributed by atoms with van der Waals surface area (Å²) < 4.78 is 0. The number of fused-ring (bicyclic) bond motifs is 1. The van der Waals surface area contributed by atoms with Crippen molar-refractivity contribution in [2.45, 2.75) is 6.42 Å². The van der Waals surface area contributed by atoms with E-state index < -0.39 is 0 Å². The topological polar surface area (TPSA) is 63.8 Å². The van der Waals surface area contributed by atoms with Crippen LogP contribution in [0.4, 0.5) is 0 Å². The Bertz CT molecular complexity index is 865. The molecule has 0 aliphatic rings. The van der Waals surface area contributed by atoms with Crippen LogP contribution >= 0.6 is 0 Å². The average molecular weight is 300 g/mol. The van der Waals surface area contributed by atoms with Gasteiger partial charge in [-0.1, -0.05) is 48.5 Å². The normalized spacial score (nSPS) is 10.2. The molecule has 2 aromatic carbocycles. The van der Waals surface area contributed by atoms with Crippen LogP contribution in [0.3, 0.4) is 0 Å². The summed E-state index contributed by atoms with van der Waals surface area (Å²) >= 11 is 0. The van der Waals surface area contributed by atoms with Gasteiger partial charge in [-0.3, -0.25) is 15.3 Å². The van der Waals surface area contributed by atoms with Gasteiger partial charge in [-0.25, -0.2) is 0 Å². The SMILES string of the molecule is N#CN(CCc1ccccc1)C(=N)c1cnc2ccccc2c1. The molecule has 4 nitrogen and oxygen atoms in total. The van der Waals surface area contributed by atoms with Gasteiger partial charge in [-0.2, -0.15) is 5.26 Å². The highest BCUT2D eigenvalue weighted by Gasteiger charge is 2.12. The molecule has 0 atom stereocenters. The van der Waals surface area contributed by atoms with Crippen molar-refractivity contribution in [2.24, 2.45) is 0 Å². The summed E-state index contributed by atoms with van der Waals surface area (Å²) in [6.45, 7) is 0.478. The maximum atomic E-state index is 9.36. The molecule has 112 valence electrons. The van der Waals surface area contributed by atoms with Crippen LogP contribution in [0.25, 0.3) is 10.9 Å². The van der Waals surface area contributed by atoms with Crippen LogP contribution in [0.2, 0.25) is 0 Å². The van der Waals surface area contributed by atoms with Crippen molar-refractivity contribution in [1.82, 2.24) is 9.88 Å². The first-order chi connectivity index (χ1) is 11.3. The molecule has 0 spiro atoms. The largest absolute Gasteiger partial charge is 0.283 e. The van der Waals surface area contributed by atoms with Crippen LogP contribution in [-0.4, -0.2) is 22.3 Å². The highest BCUT2D eigenvalue weighted by Crippen LogP contribution is 2.14. The number of nitrogens with one attached hydrogen (secondary N) is 1. The Balaban J connectivity index is 1.77. The van der Waals surface area contributed by atoms with Crippen LogP contribution in [0.15, 0.2) is 66.9 Å². The second-order valence-electron chi connectivity index (χ2n) is 5.25. The predicted octanol–water partition coefficient (Wildman–Crippen LogP) is 3.59. The molecule has 0 saturated heterocycles. The van der Waals surface area contributed by atoms with Crippen LogP contribution in [-0.2, 0) is 6.42 Å². The van der Waals surface area contributed by atoms with Crippen molar-refractivity contribution in [2.75, 3.05) is 6.54 Å². The Morgan fingerprint density at radius 2 is 1.83 bits per heavy atom. The van der Waals surface area contributed by atoms with Crippen molar-refractivity contribution < 1.29 is 0 Å². The van der Waals surface area contributed by atoms with Gasteiger partial charge in [0.1, 0.15) is 5.84 Å². The molecule has 0 bridgehead atoms. The molecule has 1 heterocycles. The van der Waals surface area contributed by atoms with Gasteiger partial charge in [0.05, 0.1) is 5.52 Å². The number of nitrogens with zero attached hydrogens (tertiary/aromatic N) is 3. The zero-order valence-corrected chi connectivity index (χ0v) is 12.6. The maximum absolute atomic E-state index is 9.36. The number of rotatable bonds is 4. The molecular weight excluding hydrogens is 284 g/mol. The van der Waals surface area contributed by atoms with Gasteiger partial charge < -0.3 is 0 Å². The lowest BCUT2D eigenvalue weighted by molar-refractivity contribution is 0.572. The smallest absolute Gasteiger partial charge is 0.185 e. The lowest BCUT2D eigenvalue weighted by Crippen LogP contribution is -2.28. The number of hydrogen-bond acceptors (Lipinski definition) is 3. The summed E-state index contributed by atoms with van der Waals surface area (Å²) in [4.78, 5) is 5.76. The van der Waals surface area contributed by atoms with Crippen LogP contribution in [0.1, 0.15) is 11.1 Å². The van der Waals surface area contributed by atoms with E-state index >= 15 is 0 Å². The number of hydrogen-bond donors (Lipinski definition) is 1. The van der Waals surface area contributed by atoms with Crippen molar-refractivity contribution >= 4 is 16.7 Å². The lowest BCUT2D eigenvalue weighted by Gasteiger charge is -2.16. The first-order valence-corrected chi connectivity index (χ1v) is 7.43. The average Bonchev–Trinajstić information content (AvgIpc) is 2.62. The van der Waals surface area contributed by atoms with Gasteiger partial charge in [0.25, 0.3) is 0 Å². The maximum Gasteiger partial charge on any atom is 0.185 e. The van der Waals surface area contributed by atoms with Gasteiger partial charge in [0.15, 0.2) is 6.19 Å². The van der Waals surface area contributed by atoms with Crippen molar-refractivity contribution in [1.29, 1.82) is 10.7 Å². The molecule has 23 heavy (non-hydrogen) atoms. The molecule has 0 radical (unpaired) electrons. The van der Waals surface area contributed by atoms with Crippen LogP contribution in [0.5, 0.6) is 0 Å². The fourth-order valence-electron chi connectivity index (χ4n) is 2.45. The van der Waals surface area contributed by atoms with E-state index in [0.29, 0.717) is 12.1 Å². The van der Waals surface area contributed by atoms with Gasteiger partial charge >= 0.3 is 0 Å². The minimum Gasteiger partial charge on any atom is -0.283 e. The fraction of sp³-hybridized carbons (Fsp3) is 0.105. The Hall–Kier alpha value is -3.19. The summed E-state index contributed by atoms with van der Waals surface area (Å²) in [5.41, 5.74) is 2.69. The summed E-state index contributed by atoms with van der Waals surface area (Å²) in [6.07, 6.45) is 4.47. The van der Waals surface area contributed by atoms with Gasteiger partial charge in [-0.05, 0) is 24.1 Å². The fourth-order valence-corrected chi connectivity index (χ4v) is 2.45. The monoisotopic (exact) mass is 300 g/mol. The second-order valence-corrected chi connectivity index (χ2v) is 5.25. The molecule has 3 aromatic rings. The van der Waals surface area contributed by atoms with E-state index in [0.717, 1.165) is 22.9 Å². The van der Waals surface area contributed by atoms with Crippen molar-refractivity contribution in [3.8, 4) is 6.19 Å². The van der Waals surface area contributed by atoms with Crippen LogP contribution < -0.4 is 0 Å². The summed E-state index contributed by atoms with van der Waals surface area (Å²) in [5, 5.41) is 18.6. The Morgan fingerprint density at radius 1 is 1.09 bits per heavy atom. The highest BCUT2D eigenvalue weighted by molar-refractivity contribution is 5.99. The zero-order valence-electron chi connectivity index (χ0n) is 12.6. The quantitative estimate of drug-likeness (QED) is 0.346. The third kappa shape index (κ3) is 3.35. The minimum atomic E-state index is 0.182. The van der Waals surface area contributed by atoms with Crippen molar-refractivity contribution in [3.05, 3.63) is 78.0 Å². The molecule has 0 unspecified atom stereocenters. The summed E-state index contributed by atoms with van der Waals surface area (Å²) in [6, 6.07) is 19.6. The van der Waals surface area contributed by atoms with E-state index in [4.69, 9.17) is 5.41 Å². The molecule has 0 aliphatic heterocycles. The molecule has 0 amide bonds. The van der Waals surface area contributed by atoms with E-state index in [1.807, 2.05) is 60.7 Å². The van der Waals surface area contributed by atoms with E-state index in [9.17, 15) is 5.26 Å². The minimum absolute atomic E-state index is 0.182. The molecular formula is C19H16N4.